The molecule has 0 radical (unpaired) electrons. The fourth-order valence-corrected chi connectivity index (χ4v) is 2.37. The molecule has 2 fully saturated rings. The van der Waals surface area contributed by atoms with Crippen molar-refractivity contribution in [1.29, 1.82) is 0 Å². The number of carboxylic acid groups (broad SMARTS) is 1. The van der Waals surface area contributed by atoms with Crippen LogP contribution in [0, 0.1) is 5.92 Å². The highest BCUT2D eigenvalue weighted by Gasteiger charge is 2.23. The quantitative estimate of drug-likeness (QED) is 0.769. The molecule has 0 bridgehead atoms. The molecule has 2 saturated heterocycles. The van der Waals surface area contributed by atoms with Gasteiger partial charge in [-0.15, -0.1) is 0 Å². The van der Waals surface area contributed by atoms with Crippen LogP contribution in [0.2, 0.25) is 0 Å². The smallest absolute Gasteiger partial charge is 0.306 e. The van der Waals surface area contributed by atoms with E-state index in [2.05, 4.69) is 21.9 Å². The largest absolute Gasteiger partial charge is 0.481 e. The topological polar surface area (TPSA) is 78.9 Å². The number of carbonyl (C=O) groups is 2. The number of piperidine rings is 2. The summed E-state index contributed by atoms with van der Waals surface area (Å²) in [4.78, 5) is 22.0. The SMILES string of the molecule is C1CCNCC1.CCN1CCC(C(=O)O)CC1.CCOC=O. The van der Waals surface area contributed by atoms with Gasteiger partial charge in [0, 0.05) is 0 Å². The molecular formula is C16H32N2O4. The standard InChI is InChI=1S/C8H15NO2.C5H11N.C3H6O2/c1-2-9-5-3-7(4-6-9)8(10)11;1-2-4-6-5-3-1;1-2-5-3-4/h7H,2-6H2,1H3,(H,10,11);6H,1-5H2;3H,2H2,1H3. The zero-order valence-corrected chi connectivity index (χ0v) is 14.1. The van der Waals surface area contributed by atoms with Crippen molar-refractivity contribution in [3.8, 4) is 0 Å². The van der Waals surface area contributed by atoms with Gasteiger partial charge in [0.2, 0.25) is 0 Å². The van der Waals surface area contributed by atoms with Crippen molar-refractivity contribution in [3.63, 3.8) is 0 Å². The lowest BCUT2D eigenvalue weighted by Crippen LogP contribution is -2.35. The van der Waals surface area contributed by atoms with E-state index in [1.54, 1.807) is 6.92 Å². The average molecular weight is 316 g/mol. The maximum atomic E-state index is 10.5. The van der Waals surface area contributed by atoms with Gasteiger partial charge in [-0.2, -0.15) is 0 Å². The van der Waals surface area contributed by atoms with Crippen LogP contribution in [0.1, 0.15) is 46.0 Å². The summed E-state index contributed by atoms with van der Waals surface area (Å²) in [5.41, 5.74) is 0. The van der Waals surface area contributed by atoms with Gasteiger partial charge in [0.05, 0.1) is 12.5 Å². The highest BCUT2D eigenvalue weighted by molar-refractivity contribution is 5.70. The van der Waals surface area contributed by atoms with Gasteiger partial charge in [0.1, 0.15) is 0 Å². The van der Waals surface area contributed by atoms with E-state index in [0.717, 1.165) is 32.5 Å². The van der Waals surface area contributed by atoms with E-state index >= 15 is 0 Å². The Kier molecular flexibility index (Phi) is 14.0. The van der Waals surface area contributed by atoms with Crippen LogP contribution in [0.25, 0.3) is 0 Å². The maximum absolute atomic E-state index is 10.5. The highest BCUT2D eigenvalue weighted by atomic mass is 16.5. The Hall–Kier alpha value is -1.14. The normalized spacial score (nSPS) is 19.0. The minimum atomic E-state index is -0.624. The molecule has 130 valence electrons. The molecule has 0 spiro atoms. The second-order valence-electron chi connectivity index (χ2n) is 5.41. The summed E-state index contributed by atoms with van der Waals surface area (Å²) >= 11 is 0. The van der Waals surface area contributed by atoms with Gasteiger partial charge in [-0.25, -0.2) is 0 Å². The van der Waals surface area contributed by atoms with Crippen molar-refractivity contribution in [2.45, 2.75) is 46.0 Å². The van der Waals surface area contributed by atoms with E-state index in [1.165, 1.54) is 32.4 Å². The van der Waals surface area contributed by atoms with E-state index in [1.807, 2.05) is 0 Å². The summed E-state index contributed by atoms with van der Waals surface area (Å²) in [7, 11) is 0. The minimum absolute atomic E-state index is 0.0854. The maximum Gasteiger partial charge on any atom is 0.306 e. The molecule has 2 heterocycles. The average Bonchev–Trinajstić information content (AvgIpc) is 2.58. The highest BCUT2D eigenvalue weighted by Crippen LogP contribution is 2.16. The second-order valence-corrected chi connectivity index (χ2v) is 5.41. The van der Waals surface area contributed by atoms with Crippen molar-refractivity contribution in [2.24, 2.45) is 5.92 Å². The van der Waals surface area contributed by atoms with Crippen LogP contribution in [-0.4, -0.2) is 61.8 Å². The molecule has 2 N–H and O–H groups in total. The molecule has 2 rings (SSSR count). The Morgan fingerprint density at radius 1 is 1.23 bits per heavy atom. The summed E-state index contributed by atoms with van der Waals surface area (Å²) in [6.07, 6.45) is 5.86. The predicted molar refractivity (Wildman–Crippen MR) is 86.9 cm³/mol. The fraction of sp³-hybridized carbons (Fsp3) is 0.875. The molecule has 0 aromatic carbocycles. The molecule has 0 atom stereocenters. The number of ether oxygens (including phenoxy) is 1. The van der Waals surface area contributed by atoms with Crippen LogP contribution in [-0.2, 0) is 14.3 Å². The first-order chi connectivity index (χ1) is 10.7. The minimum Gasteiger partial charge on any atom is -0.481 e. The third kappa shape index (κ3) is 11.5. The summed E-state index contributed by atoms with van der Waals surface area (Å²) in [5, 5.41) is 12.0. The molecule has 2 aliphatic heterocycles. The van der Waals surface area contributed by atoms with E-state index in [-0.39, 0.29) is 5.92 Å². The van der Waals surface area contributed by atoms with Crippen molar-refractivity contribution in [3.05, 3.63) is 0 Å². The Morgan fingerprint density at radius 2 is 1.82 bits per heavy atom. The van der Waals surface area contributed by atoms with Gasteiger partial charge in [-0.1, -0.05) is 13.3 Å². The summed E-state index contributed by atoms with van der Waals surface area (Å²) in [6.45, 7) is 10.2. The van der Waals surface area contributed by atoms with Gasteiger partial charge < -0.3 is 20.1 Å². The Bertz CT molecular complexity index is 264. The van der Waals surface area contributed by atoms with Crippen LogP contribution in [0.15, 0.2) is 0 Å². The lowest BCUT2D eigenvalue weighted by molar-refractivity contribution is -0.143. The zero-order chi connectivity index (χ0) is 16.6. The van der Waals surface area contributed by atoms with E-state index < -0.39 is 5.97 Å². The van der Waals surface area contributed by atoms with Crippen molar-refractivity contribution in [2.75, 3.05) is 39.3 Å². The third-order valence-electron chi connectivity index (χ3n) is 3.83. The van der Waals surface area contributed by atoms with Crippen LogP contribution in [0.3, 0.4) is 0 Å². The molecule has 0 unspecified atom stereocenters. The van der Waals surface area contributed by atoms with E-state index in [9.17, 15) is 9.59 Å². The molecule has 22 heavy (non-hydrogen) atoms. The number of aliphatic carboxylic acids is 1. The number of likely N-dealkylation sites (tertiary alicyclic amines) is 1. The van der Waals surface area contributed by atoms with Crippen LogP contribution in [0.5, 0.6) is 0 Å². The van der Waals surface area contributed by atoms with E-state index in [4.69, 9.17) is 5.11 Å². The van der Waals surface area contributed by atoms with Crippen LogP contribution < -0.4 is 5.32 Å². The Balaban J connectivity index is 0.000000338. The van der Waals surface area contributed by atoms with Crippen molar-refractivity contribution in [1.82, 2.24) is 10.2 Å². The van der Waals surface area contributed by atoms with Crippen LogP contribution in [0.4, 0.5) is 0 Å². The number of nitrogens with one attached hydrogen (secondary N) is 1. The number of carbonyl (C=O) groups excluding carboxylic acids is 1. The van der Waals surface area contributed by atoms with Gasteiger partial charge in [-0.3, -0.25) is 9.59 Å². The Morgan fingerprint density at radius 3 is 2.05 bits per heavy atom. The first-order valence-corrected chi connectivity index (χ1v) is 8.36. The van der Waals surface area contributed by atoms with Gasteiger partial charge in [-0.05, 0) is 65.3 Å². The predicted octanol–water partition coefficient (Wildman–Crippen LogP) is 1.74. The molecule has 0 aromatic heterocycles. The van der Waals surface area contributed by atoms with Gasteiger partial charge in [0.25, 0.3) is 6.47 Å². The molecule has 6 nitrogen and oxygen atoms in total. The van der Waals surface area contributed by atoms with Crippen molar-refractivity contribution >= 4 is 12.4 Å². The number of nitrogens with zero attached hydrogens (tertiary/aromatic N) is 1. The molecule has 0 aromatic rings. The monoisotopic (exact) mass is 316 g/mol. The molecule has 0 amide bonds. The molecule has 0 aliphatic carbocycles. The van der Waals surface area contributed by atoms with Gasteiger partial charge in [0.15, 0.2) is 0 Å². The third-order valence-corrected chi connectivity index (χ3v) is 3.83. The summed E-state index contributed by atoms with van der Waals surface area (Å²) in [6, 6.07) is 0. The molecule has 2 aliphatic rings. The number of carboxylic acids is 1. The summed E-state index contributed by atoms with van der Waals surface area (Å²) < 4.78 is 4.15. The Labute approximate surface area is 134 Å². The zero-order valence-electron chi connectivity index (χ0n) is 14.1. The first-order valence-electron chi connectivity index (χ1n) is 8.36. The van der Waals surface area contributed by atoms with Crippen LogP contribution >= 0.6 is 0 Å². The second kappa shape index (κ2) is 14.8. The first kappa shape index (κ1) is 20.9. The molecule has 0 saturated carbocycles. The molecule has 6 heteroatoms. The lowest BCUT2D eigenvalue weighted by atomic mass is 9.97. The van der Waals surface area contributed by atoms with Gasteiger partial charge >= 0.3 is 5.97 Å². The summed E-state index contributed by atoms with van der Waals surface area (Å²) in [5.74, 6) is -0.710. The number of hydrogen-bond acceptors (Lipinski definition) is 5. The lowest BCUT2D eigenvalue weighted by Gasteiger charge is -2.28. The fourth-order valence-electron chi connectivity index (χ4n) is 2.37. The number of rotatable bonds is 4. The van der Waals surface area contributed by atoms with Crippen molar-refractivity contribution < 1.29 is 19.4 Å². The van der Waals surface area contributed by atoms with E-state index in [0.29, 0.717) is 13.1 Å². The molecular weight excluding hydrogens is 284 g/mol. The number of hydrogen-bond donors (Lipinski definition) is 2.